The number of halogens is 1. The van der Waals surface area contributed by atoms with E-state index in [4.69, 9.17) is 4.74 Å². The lowest BCUT2D eigenvalue weighted by atomic mass is 10.0. The number of aryl methyl sites for hydroxylation is 1. The predicted molar refractivity (Wildman–Crippen MR) is 145 cm³/mol. The largest absolute Gasteiger partial charge is 0.466 e. The van der Waals surface area contributed by atoms with Crippen molar-refractivity contribution in [1.29, 1.82) is 0 Å². The number of benzene rings is 2. The van der Waals surface area contributed by atoms with Gasteiger partial charge in [0.05, 0.1) is 23.5 Å². The Balaban J connectivity index is 1.81. The average Bonchev–Trinajstić information content (AvgIpc) is 3.22. The van der Waals surface area contributed by atoms with Crippen LogP contribution in [0.2, 0.25) is 0 Å². The Hall–Kier alpha value is -2.74. The summed E-state index contributed by atoms with van der Waals surface area (Å²) >= 11 is 6.55. The molecule has 4 rings (SSSR count). The van der Waals surface area contributed by atoms with Crippen LogP contribution in [0.15, 0.2) is 87.8 Å². The second-order valence-electron chi connectivity index (χ2n) is 7.92. The van der Waals surface area contributed by atoms with E-state index in [9.17, 15) is 9.59 Å². The van der Waals surface area contributed by atoms with Gasteiger partial charge >= 0.3 is 5.97 Å². The third-order valence-corrected chi connectivity index (χ3v) is 8.43. The van der Waals surface area contributed by atoms with E-state index in [0.29, 0.717) is 22.6 Å². The topological polar surface area (TPSA) is 47.3 Å². The smallest absolute Gasteiger partial charge is 0.310 e. The van der Waals surface area contributed by atoms with Crippen LogP contribution in [0, 0.1) is 6.92 Å². The Bertz CT molecular complexity index is 1320. The number of carbonyl (C=O) groups excluding carboxylic acids is 2. The van der Waals surface area contributed by atoms with Crippen molar-refractivity contribution < 1.29 is 18.9 Å². The van der Waals surface area contributed by atoms with E-state index in [1.54, 1.807) is 30.8 Å². The number of nitrogens with zero attached hydrogens (tertiary/aromatic N) is 1. The van der Waals surface area contributed by atoms with Crippen molar-refractivity contribution in [2.45, 2.75) is 30.2 Å². The highest BCUT2D eigenvalue weighted by Crippen LogP contribution is 2.40. The number of hydrogen-bond acceptors (Lipinski definition) is 5. The van der Waals surface area contributed by atoms with Gasteiger partial charge in [0.2, 0.25) is 11.5 Å². The maximum atomic E-state index is 13.7. The fourth-order valence-electron chi connectivity index (χ4n) is 3.61. The van der Waals surface area contributed by atoms with Gasteiger partial charge in [0.15, 0.2) is 12.4 Å². The van der Waals surface area contributed by atoms with E-state index in [1.165, 1.54) is 22.5 Å². The molecule has 0 aliphatic carbocycles. The third-order valence-electron chi connectivity index (χ3n) is 5.35. The molecular formula is C28H25BrNO3S2+. The summed E-state index contributed by atoms with van der Waals surface area (Å²) in [6, 6.07) is 21.6. The fraction of sp³-hybridized carbons (Fsp3) is 0.179. The third kappa shape index (κ3) is 6.28. The molecule has 0 atom stereocenters. The van der Waals surface area contributed by atoms with Gasteiger partial charge in [-0.05, 0) is 43.7 Å². The van der Waals surface area contributed by atoms with E-state index >= 15 is 0 Å². The zero-order chi connectivity index (χ0) is 24.8. The predicted octanol–water partition coefficient (Wildman–Crippen LogP) is 6.72. The molecule has 0 aliphatic rings. The first-order valence-electron chi connectivity index (χ1n) is 11.2. The maximum Gasteiger partial charge on any atom is 0.310 e. The van der Waals surface area contributed by atoms with Crippen LogP contribution >= 0.6 is 39.0 Å². The fourth-order valence-corrected chi connectivity index (χ4v) is 6.41. The monoisotopic (exact) mass is 566 g/mol. The molecule has 0 spiro atoms. The van der Waals surface area contributed by atoms with Crippen molar-refractivity contribution in [2.24, 2.45) is 0 Å². The second kappa shape index (κ2) is 11.8. The number of ether oxygens (including phenoxy) is 1. The van der Waals surface area contributed by atoms with Crippen LogP contribution in [0.1, 0.15) is 38.8 Å². The highest BCUT2D eigenvalue weighted by atomic mass is 79.9. The molecule has 0 amide bonds. The van der Waals surface area contributed by atoms with Crippen LogP contribution in [0.5, 0.6) is 0 Å². The minimum Gasteiger partial charge on any atom is -0.466 e. The highest BCUT2D eigenvalue weighted by molar-refractivity contribution is 9.10. The lowest BCUT2D eigenvalue weighted by Gasteiger charge is -2.06. The molecular weight excluding hydrogens is 542 g/mol. The maximum absolute atomic E-state index is 13.7. The van der Waals surface area contributed by atoms with Gasteiger partial charge in [-0.1, -0.05) is 51.8 Å². The van der Waals surface area contributed by atoms with Crippen molar-refractivity contribution in [3.05, 3.63) is 111 Å². The molecule has 2 aromatic carbocycles. The zero-order valence-corrected chi connectivity index (χ0v) is 22.7. The second-order valence-corrected chi connectivity index (χ2v) is 11.1. The molecule has 4 aromatic rings. The summed E-state index contributed by atoms with van der Waals surface area (Å²) in [5.74, 6) is 0.316. The van der Waals surface area contributed by atoms with E-state index in [-0.39, 0.29) is 18.2 Å². The van der Waals surface area contributed by atoms with Crippen molar-refractivity contribution in [3.8, 4) is 5.69 Å². The highest BCUT2D eigenvalue weighted by Gasteiger charge is 2.31. The number of ketones is 1. The lowest BCUT2D eigenvalue weighted by molar-refractivity contribution is -0.598. The Morgan fingerprint density at radius 3 is 2.34 bits per heavy atom. The van der Waals surface area contributed by atoms with Crippen molar-refractivity contribution in [1.82, 2.24) is 0 Å². The van der Waals surface area contributed by atoms with E-state index < -0.39 is 0 Å². The molecule has 0 saturated heterocycles. The summed E-state index contributed by atoms with van der Waals surface area (Å²) in [4.78, 5) is 26.8. The minimum absolute atomic E-state index is 0.0320. The SMILES string of the molecule is CCOC(=O)Cc1c(C(=O)c2ccc(Br)cc2)sc(SCc2ccc(C)cc2)c1-[n+]1ccccc1. The Morgan fingerprint density at radius 1 is 1.00 bits per heavy atom. The molecule has 178 valence electrons. The molecule has 0 N–H and O–H groups in total. The van der Waals surface area contributed by atoms with Crippen LogP contribution in [0.4, 0.5) is 0 Å². The summed E-state index contributed by atoms with van der Waals surface area (Å²) in [6.07, 6.45) is 3.92. The number of thiophene rings is 1. The van der Waals surface area contributed by atoms with Crippen LogP contribution in [-0.4, -0.2) is 18.4 Å². The molecule has 35 heavy (non-hydrogen) atoms. The summed E-state index contributed by atoms with van der Waals surface area (Å²) in [7, 11) is 0. The number of thioether (sulfide) groups is 1. The Kier molecular flexibility index (Phi) is 8.55. The summed E-state index contributed by atoms with van der Waals surface area (Å²) in [5.41, 5.74) is 4.56. The van der Waals surface area contributed by atoms with Gasteiger partial charge in [-0.15, -0.1) is 23.1 Å². The first-order valence-corrected chi connectivity index (χ1v) is 13.8. The number of hydrogen-bond donors (Lipinski definition) is 0. The number of rotatable bonds is 9. The van der Waals surface area contributed by atoms with E-state index in [1.807, 2.05) is 47.3 Å². The first-order chi connectivity index (χ1) is 17.0. The van der Waals surface area contributed by atoms with Crippen LogP contribution in [0.3, 0.4) is 0 Å². The number of esters is 1. The number of pyridine rings is 1. The van der Waals surface area contributed by atoms with Gasteiger partial charge in [-0.2, -0.15) is 4.57 Å². The van der Waals surface area contributed by atoms with Gasteiger partial charge in [-0.3, -0.25) is 9.59 Å². The van der Waals surface area contributed by atoms with E-state index in [2.05, 4.69) is 47.1 Å². The molecule has 7 heteroatoms. The quantitative estimate of drug-likeness (QED) is 0.0975. The minimum atomic E-state index is -0.344. The summed E-state index contributed by atoms with van der Waals surface area (Å²) in [5, 5.41) is 0. The van der Waals surface area contributed by atoms with Gasteiger partial charge in [0, 0.05) is 27.9 Å². The molecule has 0 aliphatic heterocycles. The number of aromatic nitrogens is 1. The molecule has 0 bridgehead atoms. The van der Waals surface area contributed by atoms with Crippen LogP contribution in [0.25, 0.3) is 5.69 Å². The van der Waals surface area contributed by atoms with Gasteiger partial charge in [0.1, 0.15) is 4.21 Å². The molecule has 0 unspecified atom stereocenters. The molecule has 2 heterocycles. The molecule has 0 saturated carbocycles. The van der Waals surface area contributed by atoms with Crippen molar-refractivity contribution in [3.63, 3.8) is 0 Å². The molecule has 0 fully saturated rings. The zero-order valence-electron chi connectivity index (χ0n) is 19.5. The summed E-state index contributed by atoms with van der Waals surface area (Å²) in [6.45, 7) is 4.15. The van der Waals surface area contributed by atoms with Gasteiger partial charge in [0.25, 0.3) is 0 Å². The Labute approximate surface area is 222 Å². The normalized spacial score (nSPS) is 10.8. The van der Waals surface area contributed by atoms with Crippen LogP contribution in [-0.2, 0) is 21.7 Å². The number of carbonyl (C=O) groups is 2. The van der Waals surface area contributed by atoms with Gasteiger partial charge in [-0.25, -0.2) is 0 Å². The summed E-state index contributed by atoms with van der Waals surface area (Å²) < 4.78 is 9.15. The standard InChI is InChI=1S/C28H25BrNO3S2/c1-3-33-24(31)17-23-25(30-15-5-4-6-16-30)28(34-18-20-9-7-19(2)8-10-20)35-27(23)26(32)21-11-13-22(29)14-12-21/h4-16H,3,17-18H2,1-2H3/q+1. The van der Waals surface area contributed by atoms with Gasteiger partial charge < -0.3 is 4.74 Å². The molecule has 4 nitrogen and oxygen atoms in total. The van der Waals surface area contributed by atoms with E-state index in [0.717, 1.165) is 20.1 Å². The lowest BCUT2D eigenvalue weighted by Crippen LogP contribution is -2.31. The first kappa shape index (κ1) is 25.4. The van der Waals surface area contributed by atoms with Crippen molar-refractivity contribution in [2.75, 3.05) is 6.61 Å². The van der Waals surface area contributed by atoms with Crippen LogP contribution < -0.4 is 4.57 Å². The van der Waals surface area contributed by atoms with Crippen molar-refractivity contribution >= 4 is 50.8 Å². The average molecular weight is 568 g/mol. The Morgan fingerprint density at radius 2 is 1.69 bits per heavy atom. The molecule has 0 radical (unpaired) electrons. The molecule has 2 aromatic heterocycles.